The van der Waals surface area contributed by atoms with Gasteiger partial charge in [0.05, 0.1) is 6.10 Å². The fraction of sp³-hybridized carbons (Fsp3) is 1.00. The summed E-state index contributed by atoms with van der Waals surface area (Å²) in [6.45, 7) is 2.21. The van der Waals surface area contributed by atoms with Crippen LogP contribution in [0.4, 0.5) is 0 Å². The fourth-order valence-corrected chi connectivity index (χ4v) is 2.72. The molecule has 3 aliphatic rings. The molecule has 0 unspecified atom stereocenters. The molecule has 0 amide bonds. The number of hydrogen-bond acceptors (Lipinski definition) is 1. The number of hydrogen-bond donors (Lipinski definition) is 1. The van der Waals surface area contributed by atoms with Gasteiger partial charge in [0.1, 0.15) is 0 Å². The van der Waals surface area contributed by atoms with Crippen molar-refractivity contribution < 1.29 is 5.11 Å². The summed E-state index contributed by atoms with van der Waals surface area (Å²) in [7, 11) is 0. The lowest BCUT2D eigenvalue weighted by atomic mass is 9.64. The Balaban J connectivity index is 2.13. The highest BCUT2D eigenvalue weighted by atomic mass is 16.3. The average molecular weight is 140 g/mol. The Labute approximate surface area is 62.4 Å². The number of aliphatic hydroxyl groups is 1. The molecule has 0 aliphatic heterocycles. The van der Waals surface area contributed by atoms with E-state index in [0.29, 0.717) is 11.8 Å². The van der Waals surface area contributed by atoms with Crippen LogP contribution in [-0.4, -0.2) is 11.2 Å². The lowest BCUT2D eigenvalue weighted by Crippen LogP contribution is -2.42. The molecule has 2 bridgehead atoms. The molecule has 0 saturated heterocycles. The Morgan fingerprint density at radius 1 is 1.00 bits per heavy atom. The van der Waals surface area contributed by atoms with E-state index in [0.717, 1.165) is 5.92 Å². The summed E-state index contributed by atoms with van der Waals surface area (Å²) in [5.41, 5.74) is 0. The Morgan fingerprint density at radius 3 is 1.80 bits per heavy atom. The quantitative estimate of drug-likeness (QED) is 0.544. The van der Waals surface area contributed by atoms with Crippen molar-refractivity contribution in [3.63, 3.8) is 0 Å². The molecule has 58 valence electrons. The highest BCUT2D eigenvalue weighted by molar-refractivity contribution is 4.90. The summed E-state index contributed by atoms with van der Waals surface area (Å²) in [5, 5.41) is 9.67. The topological polar surface area (TPSA) is 20.2 Å². The number of fused-ring (bicyclic) bond motifs is 3. The molecular weight excluding hydrogens is 124 g/mol. The lowest BCUT2D eigenvalue weighted by molar-refractivity contribution is -0.0471. The van der Waals surface area contributed by atoms with E-state index in [1.165, 1.54) is 25.7 Å². The fourth-order valence-electron chi connectivity index (χ4n) is 2.72. The third-order valence-electron chi connectivity index (χ3n) is 3.58. The first-order valence-electron chi connectivity index (χ1n) is 4.47. The molecule has 2 atom stereocenters. The molecule has 0 spiro atoms. The van der Waals surface area contributed by atoms with E-state index in [2.05, 4.69) is 6.92 Å². The molecule has 0 aromatic carbocycles. The van der Waals surface area contributed by atoms with Crippen LogP contribution in [0.25, 0.3) is 0 Å². The van der Waals surface area contributed by atoms with E-state index in [-0.39, 0.29) is 6.10 Å². The van der Waals surface area contributed by atoms with Crippen LogP contribution in [0.2, 0.25) is 0 Å². The second-order valence-electron chi connectivity index (χ2n) is 4.02. The molecule has 3 saturated carbocycles. The summed E-state index contributed by atoms with van der Waals surface area (Å²) in [4.78, 5) is 0. The van der Waals surface area contributed by atoms with Crippen LogP contribution in [0, 0.1) is 17.8 Å². The van der Waals surface area contributed by atoms with Crippen molar-refractivity contribution in [2.75, 3.05) is 0 Å². The van der Waals surface area contributed by atoms with Gasteiger partial charge >= 0.3 is 0 Å². The van der Waals surface area contributed by atoms with Gasteiger partial charge in [-0.25, -0.2) is 0 Å². The van der Waals surface area contributed by atoms with E-state index in [1.54, 1.807) is 0 Å². The van der Waals surface area contributed by atoms with Gasteiger partial charge in [0.15, 0.2) is 0 Å². The molecular formula is C9H16O. The molecule has 1 nitrogen and oxygen atoms in total. The molecule has 1 N–H and O–H groups in total. The second-order valence-corrected chi connectivity index (χ2v) is 4.02. The summed E-state index contributed by atoms with van der Waals surface area (Å²) >= 11 is 0. The van der Waals surface area contributed by atoms with Crippen molar-refractivity contribution >= 4 is 0 Å². The molecule has 10 heavy (non-hydrogen) atoms. The van der Waals surface area contributed by atoms with Gasteiger partial charge in [-0.05, 0) is 43.4 Å². The van der Waals surface area contributed by atoms with Crippen molar-refractivity contribution in [3.05, 3.63) is 0 Å². The lowest BCUT2D eigenvalue weighted by Gasteiger charge is -2.44. The Kier molecular flexibility index (Phi) is 1.48. The Hall–Kier alpha value is -0.0400. The van der Waals surface area contributed by atoms with E-state index in [4.69, 9.17) is 0 Å². The zero-order chi connectivity index (χ0) is 7.14. The number of rotatable bonds is 0. The van der Waals surface area contributed by atoms with Gasteiger partial charge in [0.25, 0.3) is 0 Å². The minimum absolute atomic E-state index is 0.0347. The van der Waals surface area contributed by atoms with E-state index in [9.17, 15) is 5.11 Å². The summed E-state index contributed by atoms with van der Waals surface area (Å²) in [5.74, 6) is 2.09. The van der Waals surface area contributed by atoms with Gasteiger partial charge in [-0.15, -0.1) is 0 Å². The monoisotopic (exact) mass is 140 g/mol. The van der Waals surface area contributed by atoms with Crippen molar-refractivity contribution in [2.24, 2.45) is 17.8 Å². The Bertz CT molecular complexity index is 105. The molecule has 0 radical (unpaired) electrons. The maximum absolute atomic E-state index is 9.67. The standard InChI is InChI=1S/C9H16O/c1-6-7-2-4-8(5-3-7)9(6)10/h6-10H,2-5H2,1H3/t6-,7?,8?,9+/m1/s1. The predicted octanol–water partition coefficient (Wildman–Crippen LogP) is 1.80. The van der Waals surface area contributed by atoms with Crippen LogP contribution in [-0.2, 0) is 0 Å². The summed E-state index contributed by atoms with van der Waals surface area (Å²) in [6.07, 6.45) is 5.37. The van der Waals surface area contributed by atoms with Crippen molar-refractivity contribution in [1.29, 1.82) is 0 Å². The van der Waals surface area contributed by atoms with Crippen LogP contribution in [0.3, 0.4) is 0 Å². The average Bonchev–Trinajstić information content (AvgIpc) is 2.00. The maximum Gasteiger partial charge on any atom is 0.0596 e. The normalized spacial score (nSPS) is 53.4. The van der Waals surface area contributed by atoms with Gasteiger partial charge in [0.2, 0.25) is 0 Å². The van der Waals surface area contributed by atoms with Crippen LogP contribution >= 0.6 is 0 Å². The zero-order valence-electron chi connectivity index (χ0n) is 6.59. The molecule has 0 aromatic rings. The third kappa shape index (κ3) is 0.800. The predicted molar refractivity (Wildman–Crippen MR) is 40.6 cm³/mol. The van der Waals surface area contributed by atoms with Gasteiger partial charge in [-0.3, -0.25) is 0 Å². The van der Waals surface area contributed by atoms with Gasteiger partial charge < -0.3 is 5.11 Å². The van der Waals surface area contributed by atoms with Crippen molar-refractivity contribution in [3.8, 4) is 0 Å². The van der Waals surface area contributed by atoms with Gasteiger partial charge in [0, 0.05) is 0 Å². The number of aliphatic hydroxyl groups excluding tert-OH is 1. The SMILES string of the molecule is C[C@@H]1C2CCC(CC2)[C@H]1O. The highest BCUT2D eigenvalue weighted by Gasteiger charge is 2.39. The molecule has 3 aliphatic carbocycles. The molecule has 3 fully saturated rings. The Morgan fingerprint density at radius 2 is 1.50 bits per heavy atom. The third-order valence-corrected chi connectivity index (χ3v) is 3.58. The van der Waals surface area contributed by atoms with Crippen LogP contribution in [0.1, 0.15) is 32.6 Å². The maximum atomic E-state index is 9.67. The van der Waals surface area contributed by atoms with E-state index >= 15 is 0 Å². The molecule has 1 heteroatoms. The molecule has 0 aromatic heterocycles. The minimum atomic E-state index is 0.0347. The zero-order valence-corrected chi connectivity index (χ0v) is 6.59. The first kappa shape index (κ1) is 6.66. The van der Waals surface area contributed by atoms with E-state index in [1.807, 2.05) is 0 Å². The van der Waals surface area contributed by atoms with Crippen LogP contribution < -0.4 is 0 Å². The van der Waals surface area contributed by atoms with Crippen molar-refractivity contribution in [1.82, 2.24) is 0 Å². The summed E-state index contributed by atoms with van der Waals surface area (Å²) < 4.78 is 0. The highest BCUT2D eigenvalue weighted by Crippen LogP contribution is 2.44. The van der Waals surface area contributed by atoms with Crippen LogP contribution in [0.5, 0.6) is 0 Å². The van der Waals surface area contributed by atoms with Gasteiger partial charge in [-0.1, -0.05) is 6.92 Å². The van der Waals surface area contributed by atoms with Crippen molar-refractivity contribution in [2.45, 2.75) is 38.7 Å². The second kappa shape index (κ2) is 2.23. The van der Waals surface area contributed by atoms with Gasteiger partial charge in [-0.2, -0.15) is 0 Å². The molecule has 0 heterocycles. The van der Waals surface area contributed by atoms with Crippen LogP contribution in [0.15, 0.2) is 0 Å². The van der Waals surface area contributed by atoms with E-state index < -0.39 is 0 Å². The largest absolute Gasteiger partial charge is 0.393 e. The molecule has 3 rings (SSSR count). The first-order chi connectivity index (χ1) is 4.79. The first-order valence-corrected chi connectivity index (χ1v) is 4.47. The summed E-state index contributed by atoms with van der Waals surface area (Å²) in [6, 6.07) is 0. The smallest absolute Gasteiger partial charge is 0.0596 e. The minimum Gasteiger partial charge on any atom is -0.393 e.